The van der Waals surface area contributed by atoms with Crippen molar-refractivity contribution in [2.24, 2.45) is 5.41 Å². The molecule has 9 heteroatoms. The van der Waals surface area contributed by atoms with E-state index in [2.05, 4.69) is 10.2 Å². The molecular weight excluding hydrogens is 296 g/mol. The predicted molar refractivity (Wildman–Crippen MR) is 72.6 cm³/mol. The second-order valence-electron chi connectivity index (χ2n) is 5.98. The van der Waals surface area contributed by atoms with Crippen LogP contribution in [0.2, 0.25) is 0 Å². The zero-order chi connectivity index (χ0) is 16.9. The SMILES string of the molecule is CC(C)(C)C(=O)OC(=O)C(O)C(O)C(=O)ON1CCCCN1. The summed E-state index contributed by atoms with van der Waals surface area (Å²) < 4.78 is 4.41. The molecule has 0 aromatic carbocycles. The van der Waals surface area contributed by atoms with Gasteiger partial charge in [-0.05, 0) is 33.6 Å². The molecule has 1 rings (SSSR count). The maximum absolute atomic E-state index is 11.6. The molecule has 0 saturated carbocycles. The number of hydroxylamine groups is 1. The maximum Gasteiger partial charge on any atom is 0.358 e. The molecule has 0 bridgehead atoms. The molecule has 0 spiro atoms. The Bertz CT molecular complexity index is 427. The number of esters is 2. The Balaban J connectivity index is 2.51. The van der Waals surface area contributed by atoms with Crippen LogP contribution in [0.25, 0.3) is 0 Å². The third-order valence-corrected chi connectivity index (χ3v) is 2.86. The van der Waals surface area contributed by atoms with Crippen molar-refractivity contribution in [1.82, 2.24) is 10.6 Å². The molecule has 0 aliphatic carbocycles. The third-order valence-electron chi connectivity index (χ3n) is 2.86. The summed E-state index contributed by atoms with van der Waals surface area (Å²) in [5.74, 6) is -3.51. The fourth-order valence-electron chi connectivity index (χ4n) is 1.47. The van der Waals surface area contributed by atoms with Crippen molar-refractivity contribution < 1.29 is 34.2 Å². The summed E-state index contributed by atoms with van der Waals surface area (Å²) in [7, 11) is 0. The zero-order valence-corrected chi connectivity index (χ0v) is 12.9. The van der Waals surface area contributed by atoms with Crippen LogP contribution < -0.4 is 5.43 Å². The van der Waals surface area contributed by atoms with E-state index in [-0.39, 0.29) is 0 Å². The molecule has 1 heterocycles. The van der Waals surface area contributed by atoms with Crippen LogP contribution in [0.5, 0.6) is 0 Å². The number of hydrogen-bond acceptors (Lipinski definition) is 9. The van der Waals surface area contributed by atoms with Crippen LogP contribution in [0.3, 0.4) is 0 Å². The van der Waals surface area contributed by atoms with Crippen LogP contribution in [0.15, 0.2) is 0 Å². The normalized spacial score (nSPS) is 19.1. The first kappa shape index (κ1) is 18.5. The molecule has 1 aliphatic rings. The van der Waals surface area contributed by atoms with Gasteiger partial charge in [-0.1, -0.05) is 5.17 Å². The first-order valence-corrected chi connectivity index (χ1v) is 6.98. The molecule has 0 aromatic rings. The average molecular weight is 318 g/mol. The number of nitrogens with one attached hydrogen (secondary N) is 1. The summed E-state index contributed by atoms with van der Waals surface area (Å²) in [5.41, 5.74) is 1.79. The average Bonchev–Trinajstić information content (AvgIpc) is 2.45. The maximum atomic E-state index is 11.6. The third kappa shape index (κ3) is 5.34. The number of ether oxygens (including phenoxy) is 1. The van der Waals surface area contributed by atoms with Crippen LogP contribution >= 0.6 is 0 Å². The molecule has 1 aliphatic heterocycles. The van der Waals surface area contributed by atoms with Gasteiger partial charge in [0.1, 0.15) is 0 Å². The number of rotatable bonds is 4. The van der Waals surface area contributed by atoms with Gasteiger partial charge in [-0.25, -0.2) is 15.0 Å². The van der Waals surface area contributed by atoms with Crippen LogP contribution in [-0.2, 0) is 24.0 Å². The molecule has 1 saturated heterocycles. The number of nitrogens with zero attached hydrogens (tertiary/aromatic N) is 1. The summed E-state index contributed by atoms with van der Waals surface area (Å²) >= 11 is 0. The van der Waals surface area contributed by atoms with E-state index in [4.69, 9.17) is 4.84 Å². The summed E-state index contributed by atoms with van der Waals surface area (Å²) in [6.07, 6.45) is -2.64. The first-order chi connectivity index (χ1) is 10.1. The fraction of sp³-hybridized carbons (Fsp3) is 0.769. The topological polar surface area (TPSA) is 125 Å². The Labute approximate surface area is 128 Å². The minimum atomic E-state index is -2.21. The van der Waals surface area contributed by atoms with E-state index in [1.165, 1.54) is 20.8 Å². The molecule has 3 N–H and O–H groups in total. The fourth-order valence-corrected chi connectivity index (χ4v) is 1.47. The summed E-state index contributed by atoms with van der Waals surface area (Å²) in [5, 5.41) is 20.3. The van der Waals surface area contributed by atoms with E-state index in [0.717, 1.165) is 18.0 Å². The molecule has 1 fully saturated rings. The van der Waals surface area contributed by atoms with E-state index in [9.17, 15) is 24.6 Å². The molecular formula is C13H22N2O7. The molecule has 126 valence electrons. The Hall–Kier alpha value is -1.55. The zero-order valence-electron chi connectivity index (χ0n) is 12.9. The van der Waals surface area contributed by atoms with Gasteiger partial charge in [0.25, 0.3) is 0 Å². The molecule has 0 radical (unpaired) electrons. The van der Waals surface area contributed by atoms with Crippen molar-refractivity contribution in [3.63, 3.8) is 0 Å². The van der Waals surface area contributed by atoms with E-state index < -0.39 is 35.5 Å². The van der Waals surface area contributed by atoms with Crippen LogP contribution in [0, 0.1) is 5.41 Å². The highest BCUT2D eigenvalue weighted by atomic mass is 16.7. The van der Waals surface area contributed by atoms with Gasteiger partial charge in [0.2, 0.25) is 0 Å². The minimum absolute atomic E-state index is 0.418. The molecule has 22 heavy (non-hydrogen) atoms. The lowest BCUT2D eigenvalue weighted by atomic mass is 9.97. The van der Waals surface area contributed by atoms with Crippen molar-refractivity contribution in [2.45, 2.75) is 45.8 Å². The minimum Gasteiger partial charge on any atom is -0.391 e. The quantitative estimate of drug-likeness (QED) is 0.436. The van der Waals surface area contributed by atoms with E-state index >= 15 is 0 Å². The van der Waals surface area contributed by atoms with E-state index in [1.807, 2.05) is 0 Å². The first-order valence-electron chi connectivity index (χ1n) is 6.98. The van der Waals surface area contributed by atoms with Gasteiger partial charge in [0.15, 0.2) is 12.2 Å². The number of carbonyl (C=O) groups excluding carboxylic acids is 3. The Kier molecular flexibility index (Phi) is 6.42. The van der Waals surface area contributed by atoms with Gasteiger partial charge in [0, 0.05) is 6.54 Å². The standard InChI is InChI=1S/C13H22N2O7/c1-13(2,3)12(20)21-10(18)8(16)9(17)11(19)22-15-7-5-4-6-14-15/h8-9,14,16-17H,4-7H2,1-3H3. The number of hydrogen-bond donors (Lipinski definition) is 3. The lowest BCUT2D eigenvalue weighted by Gasteiger charge is -2.27. The molecule has 0 aromatic heterocycles. The Morgan fingerprint density at radius 2 is 1.68 bits per heavy atom. The summed E-state index contributed by atoms with van der Waals surface area (Å²) in [6.45, 7) is 5.57. The van der Waals surface area contributed by atoms with Crippen molar-refractivity contribution >= 4 is 17.9 Å². The number of aliphatic hydroxyl groups is 2. The van der Waals surface area contributed by atoms with Crippen LogP contribution in [-0.4, -0.2) is 58.6 Å². The molecule has 0 amide bonds. The molecule has 9 nitrogen and oxygen atoms in total. The lowest BCUT2D eigenvalue weighted by Crippen LogP contribution is -2.49. The second kappa shape index (κ2) is 7.63. The van der Waals surface area contributed by atoms with Gasteiger partial charge < -0.3 is 19.8 Å². The number of aliphatic hydroxyl groups excluding tert-OH is 2. The second-order valence-corrected chi connectivity index (χ2v) is 5.98. The number of hydrazine groups is 1. The Morgan fingerprint density at radius 1 is 1.09 bits per heavy atom. The summed E-state index contributed by atoms with van der Waals surface area (Å²) in [4.78, 5) is 39.5. The highest BCUT2D eigenvalue weighted by molar-refractivity contribution is 5.93. The van der Waals surface area contributed by atoms with Crippen LogP contribution in [0.4, 0.5) is 0 Å². The highest BCUT2D eigenvalue weighted by Crippen LogP contribution is 2.16. The van der Waals surface area contributed by atoms with Gasteiger partial charge in [-0.15, -0.1) is 0 Å². The van der Waals surface area contributed by atoms with Crippen molar-refractivity contribution in [3.8, 4) is 0 Å². The Morgan fingerprint density at radius 3 is 2.18 bits per heavy atom. The lowest BCUT2D eigenvalue weighted by molar-refractivity contribution is -0.225. The largest absolute Gasteiger partial charge is 0.391 e. The van der Waals surface area contributed by atoms with Crippen molar-refractivity contribution in [2.75, 3.05) is 13.1 Å². The van der Waals surface area contributed by atoms with E-state index in [0.29, 0.717) is 13.1 Å². The van der Waals surface area contributed by atoms with Gasteiger partial charge in [0.05, 0.1) is 12.0 Å². The van der Waals surface area contributed by atoms with E-state index in [1.54, 1.807) is 0 Å². The summed E-state index contributed by atoms with van der Waals surface area (Å²) in [6, 6.07) is 0. The number of carbonyl (C=O) groups is 3. The van der Waals surface area contributed by atoms with Gasteiger partial charge >= 0.3 is 17.9 Å². The molecule has 2 unspecified atom stereocenters. The van der Waals surface area contributed by atoms with Crippen molar-refractivity contribution in [1.29, 1.82) is 0 Å². The van der Waals surface area contributed by atoms with Gasteiger partial charge in [-0.3, -0.25) is 4.79 Å². The van der Waals surface area contributed by atoms with Crippen LogP contribution in [0.1, 0.15) is 33.6 Å². The van der Waals surface area contributed by atoms with Gasteiger partial charge in [-0.2, -0.15) is 0 Å². The highest BCUT2D eigenvalue weighted by Gasteiger charge is 2.37. The smallest absolute Gasteiger partial charge is 0.358 e. The molecule has 2 atom stereocenters. The monoisotopic (exact) mass is 318 g/mol. The van der Waals surface area contributed by atoms with Crippen molar-refractivity contribution in [3.05, 3.63) is 0 Å². The predicted octanol–water partition coefficient (Wildman–Crippen LogP) is -1.12.